The van der Waals surface area contributed by atoms with Crippen molar-refractivity contribution in [3.05, 3.63) is 29.6 Å². The molecule has 1 aromatic rings. The lowest BCUT2D eigenvalue weighted by Crippen LogP contribution is -2.59. The number of carbonyl (C=O) groups excluding carboxylic acids is 1. The molecule has 1 N–H and O–H groups in total. The van der Waals surface area contributed by atoms with Crippen molar-refractivity contribution in [1.82, 2.24) is 9.88 Å². The first kappa shape index (κ1) is 17.2. The van der Waals surface area contributed by atoms with E-state index in [9.17, 15) is 9.90 Å². The summed E-state index contributed by atoms with van der Waals surface area (Å²) >= 11 is 0. The molecule has 132 valence electrons. The van der Waals surface area contributed by atoms with Gasteiger partial charge in [-0.05, 0) is 59.1 Å². The summed E-state index contributed by atoms with van der Waals surface area (Å²) in [5.74, 6) is 0. The number of carbonyl (C=O) groups is 1. The van der Waals surface area contributed by atoms with Crippen LogP contribution in [0.4, 0.5) is 4.79 Å². The lowest BCUT2D eigenvalue weighted by molar-refractivity contribution is -0.0985. The highest BCUT2D eigenvalue weighted by molar-refractivity contribution is 5.69. The second-order valence-electron chi connectivity index (χ2n) is 8.23. The minimum absolute atomic E-state index is 0.0136. The Bertz CT molecular complexity index is 609. The van der Waals surface area contributed by atoms with E-state index in [1.54, 1.807) is 0 Å². The molecule has 0 aliphatic carbocycles. The van der Waals surface area contributed by atoms with Gasteiger partial charge in [-0.2, -0.15) is 0 Å². The van der Waals surface area contributed by atoms with Crippen LogP contribution in [0.2, 0.25) is 0 Å². The van der Waals surface area contributed by atoms with Gasteiger partial charge in [-0.3, -0.25) is 4.98 Å². The monoisotopic (exact) mass is 332 g/mol. The maximum Gasteiger partial charge on any atom is 0.410 e. The van der Waals surface area contributed by atoms with E-state index in [0.717, 1.165) is 30.7 Å². The Labute approximate surface area is 144 Å². The van der Waals surface area contributed by atoms with E-state index in [4.69, 9.17) is 4.74 Å². The Balaban J connectivity index is 1.84. The van der Waals surface area contributed by atoms with E-state index in [0.29, 0.717) is 12.8 Å². The van der Waals surface area contributed by atoms with Crippen molar-refractivity contribution in [1.29, 1.82) is 0 Å². The van der Waals surface area contributed by atoms with E-state index in [2.05, 4.69) is 4.98 Å². The van der Waals surface area contributed by atoms with Gasteiger partial charge in [0.05, 0.1) is 5.69 Å². The molecule has 0 saturated carbocycles. The summed E-state index contributed by atoms with van der Waals surface area (Å²) in [5.41, 5.74) is 0.168. The molecule has 0 spiro atoms. The van der Waals surface area contributed by atoms with E-state index in [1.165, 1.54) is 0 Å². The van der Waals surface area contributed by atoms with E-state index < -0.39 is 11.2 Å². The minimum atomic E-state index is -0.958. The number of aryl methyl sites for hydroxylation is 1. The number of ether oxygens (including phenoxy) is 1. The molecule has 2 aliphatic heterocycles. The van der Waals surface area contributed by atoms with Crippen molar-refractivity contribution in [2.45, 2.75) is 83.1 Å². The molecule has 5 heteroatoms. The molecule has 1 aromatic heterocycles. The maximum atomic E-state index is 12.6. The molecule has 2 fully saturated rings. The third-order valence-corrected chi connectivity index (χ3v) is 4.98. The van der Waals surface area contributed by atoms with Crippen LogP contribution in [-0.2, 0) is 10.3 Å². The predicted molar refractivity (Wildman–Crippen MR) is 91.6 cm³/mol. The summed E-state index contributed by atoms with van der Waals surface area (Å²) in [7, 11) is 0. The van der Waals surface area contributed by atoms with Gasteiger partial charge in [0.1, 0.15) is 11.2 Å². The summed E-state index contributed by atoms with van der Waals surface area (Å²) in [6, 6.07) is 5.79. The lowest BCUT2D eigenvalue weighted by atomic mass is 9.74. The Morgan fingerprint density at radius 2 is 1.92 bits per heavy atom. The van der Waals surface area contributed by atoms with Crippen LogP contribution in [0.3, 0.4) is 0 Å². The van der Waals surface area contributed by atoms with Crippen LogP contribution in [0.5, 0.6) is 0 Å². The fourth-order valence-corrected chi connectivity index (χ4v) is 4.05. The molecule has 2 atom stereocenters. The summed E-state index contributed by atoms with van der Waals surface area (Å²) in [5, 5.41) is 11.3. The zero-order valence-electron chi connectivity index (χ0n) is 15.1. The number of aliphatic hydroxyl groups is 1. The largest absolute Gasteiger partial charge is 0.444 e. The Morgan fingerprint density at radius 3 is 2.46 bits per heavy atom. The third-order valence-electron chi connectivity index (χ3n) is 4.98. The van der Waals surface area contributed by atoms with Gasteiger partial charge >= 0.3 is 6.09 Å². The Hall–Kier alpha value is -1.62. The fourth-order valence-electron chi connectivity index (χ4n) is 4.05. The molecule has 2 aliphatic rings. The summed E-state index contributed by atoms with van der Waals surface area (Å²) in [4.78, 5) is 19.0. The summed E-state index contributed by atoms with van der Waals surface area (Å²) < 4.78 is 5.60. The van der Waals surface area contributed by atoms with Crippen LogP contribution in [0.15, 0.2) is 18.2 Å². The lowest BCUT2D eigenvalue weighted by Gasteiger charge is -2.51. The molecule has 3 rings (SSSR count). The van der Waals surface area contributed by atoms with E-state index in [-0.39, 0.29) is 18.2 Å². The molecule has 5 nitrogen and oxygen atoms in total. The second-order valence-corrected chi connectivity index (χ2v) is 8.23. The first-order chi connectivity index (χ1) is 11.2. The van der Waals surface area contributed by atoms with Crippen molar-refractivity contribution < 1.29 is 14.6 Å². The Morgan fingerprint density at radius 1 is 1.29 bits per heavy atom. The van der Waals surface area contributed by atoms with Crippen LogP contribution >= 0.6 is 0 Å². The van der Waals surface area contributed by atoms with Gasteiger partial charge in [0, 0.05) is 30.6 Å². The highest BCUT2D eigenvalue weighted by atomic mass is 16.6. The fraction of sp³-hybridized carbons (Fsp3) is 0.684. The standard InChI is InChI=1S/C19H28N2O3/c1-13-7-5-10-16(20-13)19(23)11-14-8-6-9-15(12-19)21(14)17(22)24-18(2,3)4/h5,7,10,14-15,23H,6,8-9,11-12H2,1-4H3. The van der Waals surface area contributed by atoms with Gasteiger partial charge in [0.15, 0.2) is 0 Å². The SMILES string of the molecule is Cc1cccc(C2(O)CC3CCCC(C2)N3C(=O)OC(C)(C)C)n1. The van der Waals surface area contributed by atoms with Crippen molar-refractivity contribution in [3.8, 4) is 0 Å². The predicted octanol–water partition coefficient (Wildman–Crippen LogP) is 3.53. The summed E-state index contributed by atoms with van der Waals surface area (Å²) in [6.07, 6.45) is 3.70. The smallest absolute Gasteiger partial charge is 0.410 e. The van der Waals surface area contributed by atoms with E-state index in [1.807, 2.05) is 50.8 Å². The molecule has 0 radical (unpaired) electrons. The number of pyridine rings is 1. The number of piperidine rings is 2. The Kier molecular flexibility index (Phi) is 4.32. The van der Waals surface area contributed by atoms with Crippen LogP contribution in [0.1, 0.15) is 64.3 Å². The first-order valence-electron chi connectivity index (χ1n) is 8.86. The van der Waals surface area contributed by atoms with Gasteiger partial charge in [-0.1, -0.05) is 6.07 Å². The highest BCUT2D eigenvalue weighted by Gasteiger charge is 2.49. The zero-order valence-corrected chi connectivity index (χ0v) is 15.1. The topological polar surface area (TPSA) is 62.7 Å². The number of rotatable bonds is 1. The molecule has 24 heavy (non-hydrogen) atoms. The molecule has 0 aromatic carbocycles. The maximum absolute atomic E-state index is 12.6. The molecule has 2 unspecified atom stereocenters. The molecule has 2 bridgehead atoms. The molecular formula is C19H28N2O3. The first-order valence-corrected chi connectivity index (χ1v) is 8.86. The molecule has 1 amide bonds. The number of hydrogen-bond donors (Lipinski definition) is 1. The summed E-state index contributed by atoms with van der Waals surface area (Å²) in [6.45, 7) is 7.59. The van der Waals surface area contributed by atoms with Gasteiger partial charge in [-0.25, -0.2) is 4.79 Å². The van der Waals surface area contributed by atoms with Crippen molar-refractivity contribution >= 4 is 6.09 Å². The van der Waals surface area contributed by atoms with Crippen molar-refractivity contribution in [2.75, 3.05) is 0 Å². The van der Waals surface area contributed by atoms with E-state index >= 15 is 0 Å². The quantitative estimate of drug-likeness (QED) is 0.854. The zero-order chi connectivity index (χ0) is 17.5. The van der Waals surface area contributed by atoms with Crippen LogP contribution in [0, 0.1) is 6.92 Å². The van der Waals surface area contributed by atoms with Crippen molar-refractivity contribution in [2.24, 2.45) is 0 Å². The van der Waals surface area contributed by atoms with Gasteiger partial charge in [-0.15, -0.1) is 0 Å². The van der Waals surface area contributed by atoms with Crippen LogP contribution < -0.4 is 0 Å². The number of amides is 1. The van der Waals surface area contributed by atoms with Gasteiger partial charge in [0.25, 0.3) is 0 Å². The van der Waals surface area contributed by atoms with Gasteiger partial charge < -0.3 is 14.7 Å². The number of fused-ring (bicyclic) bond motifs is 2. The third kappa shape index (κ3) is 3.41. The number of nitrogens with zero attached hydrogens (tertiary/aromatic N) is 2. The van der Waals surface area contributed by atoms with Crippen LogP contribution in [-0.4, -0.2) is 38.8 Å². The average molecular weight is 332 g/mol. The highest BCUT2D eigenvalue weighted by Crippen LogP contribution is 2.44. The normalized spacial score (nSPS) is 30.1. The molecule has 3 heterocycles. The second kappa shape index (κ2) is 6.03. The van der Waals surface area contributed by atoms with Crippen LogP contribution in [0.25, 0.3) is 0 Å². The molecular weight excluding hydrogens is 304 g/mol. The van der Waals surface area contributed by atoms with Crippen molar-refractivity contribution in [3.63, 3.8) is 0 Å². The number of aromatic nitrogens is 1. The number of hydrogen-bond acceptors (Lipinski definition) is 4. The van der Waals surface area contributed by atoms with Gasteiger partial charge in [0.2, 0.25) is 0 Å². The average Bonchev–Trinajstić information content (AvgIpc) is 2.44. The molecule has 2 saturated heterocycles. The minimum Gasteiger partial charge on any atom is -0.444 e.